The number of ether oxygens (including phenoxy) is 1. The summed E-state index contributed by atoms with van der Waals surface area (Å²) in [5, 5.41) is 11.7. The fourth-order valence-electron chi connectivity index (χ4n) is 3.37. The molecule has 1 aromatic carbocycles. The van der Waals surface area contributed by atoms with Crippen molar-refractivity contribution < 1.29 is 22.7 Å². The van der Waals surface area contributed by atoms with E-state index in [4.69, 9.17) is 16.3 Å². The Hall–Kier alpha value is -2.72. The van der Waals surface area contributed by atoms with Gasteiger partial charge in [0.25, 0.3) is 5.91 Å². The first kappa shape index (κ1) is 20.5. The Labute approximate surface area is 178 Å². The molecule has 1 aliphatic rings. The number of hydrogen-bond acceptors (Lipinski definition) is 5. The van der Waals surface area contributed by atoms with Gasteiger partial charge in [0.15, 0.2) is 6.04 Å². The highest BCUT2D eigenvalue weighted by atomic mass is 35.5. The Morgan fingerprint density at radius 2 is 2.20 bits per heavy atom. The molecule has 6 nitrogen and oxygen atoms in total. The number of nitrogens with one attached hydrogen (secondary N) is 2. The minimum absolute atomic E-state index is 0.00691. The van der Waals surface area contributed by atoms with E-state index in [-0.39, 0.29) is 17.8 Å². The predicted molar refractivity (Wildman–Crippen MR) is 109 cm³/mol. The minimum Gasteiger partial charge on any atom is -0.495 e. The molecule has 2 atom stereocenters. The summed E-state index contributed by atoms with van der Waals surface area (Å²) in [7, 11) is 1.43. The highest BCUT2D eigenvalue weighted by molar-refractivity contribution is 7.10. The number of fused-ring (bicyclic) bond motifs is 1. The van der Waals surface area contributed by atoms with Gasteiger partial charge in [0, 0.05) is 16.3 Å². The lowest BCUT2D eigenvalue weighted by Crippen LogP contribution is -2.36. The standard InChI is InChI=1S/C19H16ClF3N4O2S/c1-29-14-5-4-10(20)7-12(14)26-18(28)11-9-24-27-16(19(21,22)23)8-13(25-17(11)27)15-3-2-6-30-15/h2-7,9,13,16,25H,8H2,1H3,(H,26,28)/t13-,16-/m0/s1. The average Bonchev–Trinajstić information content (AvgIpc) is 3.36. The molecule has 158 valence electrons. The number of carbonyl (C=O) groups is 1. The Balaban J connectivity index is 1.69. The number of rotatable bonds is 4. The largest absolute Gasteiger partial charge is 0.495 e. The second kappa shape index (κ2) is 7.84. The number of thiophene rings is 1. The van der Waals surface area contributed by atoms with Crippen LogP contribution < -0.4 is 15.4 Å². The Bertz CT molecular complexity index is 1070. The van der Waals surface area contributed by atoms with Crippen LogP contribution in [0.4, 0.5) is 24.7 Å². The van der Waals surface area contributed by atoms with Gasteiger partial charge in [0.05, 0.1) is 25.0 Å². The molecule has 0 spiro atoms. The van der Waals surface area contributed by atoms with Gasteiger partial charge in [0.2, 0.25) is 0 Å². The summed E-state index contributed by atoms with van der Waals surface area (Å²) < 4.78 is 47.2. The smallest absolute Gasteiger partial charge is 0.410 e. The van der Waals surface area contributed by atoms with Crippen molar-refractivity contribution in [3.63, 3.8) is 0 Å². The van der Waals surface area contributed by atoms with Gasteiger partial charge in [-0.1, -0.05) is 17.7 Å². The van der Waals surface area contributed by atoms with E-state index in [9.17, 15) is 18.0 Å². The summed E-state index contributed by atoms with van der Waals surface area (Å²) in [6.07, 6.45) is -3.60. The topological polar surface area (TPSA) is 68.2 Å². The van der Waals surface area contributed by atoms with Crippen molar-refractivity contribution in [2.24, 2.45) is 0 Å². The predicted octanol–water partition coefficient (Wildman–Crippen LogP) is 5.52. The van der Waals surface area contributed by atoms with Crippen molar-refractivity contribution in [1.82, 2.24) is 9.78 Å². The molecule has 2 N–H and O–H groups in total. The number of carbonyl (C=O) groups excluding carboxylic acids is 1. The second-order valence-corrected chi connectivity index (χ2v) is 8.07. The van der Waals surface area contributed by atoms with Crippen LogP contribution in [-0.4, -0.2) is 29.0 Å². The lowest BCUT2D eigenvalue weighted by molar-refractivity contribution is -0.173. The number of amides is 1. The normalized spacial score (nSPS) is 18.4. The molecule has 30 heavy (non-hydrogen) atoms. The van der Waals surface area contributed by atoms with E-state index in [0.29, 0.717) is 16.5 Å². The number of nitrogens with zero attached hydrogens (tertiary/aromatic N) is 2. The van der Waals surface area contributed by atoms with Crippen molar-refractivity contribution >= 4 is 40.4 Å². The maximum absolute atomic E-state index is 13.7. The third-order valence-corrected chi connectivity index (χ3v) is 6.00. The van der Waals surface area contributed by atoms with Gasteiger partial charge in [-0.05, 0) is 29.6 Å². The fraction of sp³-hybridized carbons (Fsp3) is 0.263. The van der Waals surface area contributed by atoms with Crippen LogP contribution in [0.15, 0.2) is 41.9 Å². The van der Waals surface area contributed by atoms with Crippen molar-refractivity contribution in [2.45, 2.75) is 24.7 Å². The molecule has 0 fully saturated rings. The maximum Gasteiger partial charge on any atom is 0.410 e. The third kappa shape index (κ3) is 3.84. The number of aromatic nitrogens is 2. The first-order valence-corrected chi connectivity index (χ1v) is 10.1. The van der Waals surface area contributed by atoms with Gasteiger partial charge >= 0.3 is 6.18 Å². The number of alkyl halides is 3. The summed E-state index contributed by atoms with van der Waals surface area (Å²) in [5.41, 5.74) is 0.292. The SMILES string of the molecule is COc1ccc(Cl)cc1NC(=O)c1cnn2c1N[C@H](c1cccs1)C[C@H]2C(F)(F)F. The van der Waals surface area contributed by atoms with E-state index in [1.165, 1.54) is 24.5 Å². The monoisotopic (exact) mass is 456 g/mol. The van der Waals surface area contributed by atoms with Crippen LogP contribution in [0, 0.1) is 0 Å². The maximum atomic E-state index is 13.7. The Morgan fingerprint density at radius 3 is 2.87 bits per heavy atom. The average molecular weight is 457 g/mol. The number of halogens is 4. The van der Waals surface area contributed by atoms with Crippen LogP contribution >= 0.6 is 22.9 Å². The van der Waals surface area contributed by atoms with Gasteiger partial charge in [-0.15, -0.1) is 11.3 Å². The molecule has 11 heteroatoms. The molecule has 0 bridgehead atoms. The molecule has 0 aliphatic carbocycles. The Morgan fingerprint density at radius 1 is 1.40 bits per heavy atom. The summed E-state index contributed by atoms with van der Waals surface area (Å²) in [4.78, 5) is 13.6. The lowest BCUT2D eigenvalue weighted by atomic mass is 10.0. The Kier molecular flexibility index (Phi) is 5.37. The minimum atomic E-state index is -4.51. The van der Waals surface area contributed by atoms with Gasteiger partial charge in [-0.3, -0.25) is 4.79 Å². The summed E-state index contributed by atoms with van der Waals surface area (Å²) in [6, 6.07) is 5.77. The van der Waals surface area contributed by atoms with Gasteiger partial charge < -0.3 is 15.4 Å². The van der Waals surface area contributed by atoms with Crippen LogP contribution in [0.3, 0.4) is 0 Å². The summed E-state index contributed by atoms with van der Waals surface area (Å²) in [5.74, 6) is -0.246. The molecular weight excluding hydrogens is 441 g/mol. The first-order chi connectivity index (χ1) is 14.3. The quantitative estimate of drug-likeness (QED) is 0.542. The molecule has 0 radical (unpaired) electrons. The van der Waals surface area contributed by atoms with Crippen LogP contribution in [0.2, 0.25) is 5.02 Å². The zero-order valence-electron chi connectivity index (χ0n) is 15.5. The zero-order valence-corrected chi connectivity index (χ0v) is 17.1. The van der Waals surface area contributed by atoms with Crippen molar-refractivity contribution in [1.29, 1.82) is 0 Å². The molecule has 3 heterocycles. The van der Waals surface area contributed by atoms with E-state index in [0.717, 1.165) is 15.8 Å². The lowest BCUT2D eigenvalue weighted by Gasteiger charge is -2.33. The third-order valence-electron chi connectivity index (χ3n) is 4.78. The number of benzene rings is 1. The molecule has 0 saturated heterocycles. The number of hydrogen-bond donors (Lipinski definition) is 2. The van der Waals surface area contributed by atoms with Crippen LogP contribution in [0.25, 0.3) is 0 Å². The van der Waals surface area contributed by atoms with E-state index >= 15 is 0 Å². The number of anilines is 2. The van der Waals surface area contributed by atoms with Crippen molar-refractivity contribution in [2.75, 3.05) is 17.7 Å². The molecule has 0 saturated carbocycles. The summed E-state index contributed by atoms with van der Waals surface area (Å²) in [6.45, 7) is 0. The van der Waals surface area contributed by atoms with E-state index in [2.05, 4.69) is 15.7 Å². The highest BCUT2D eigenvalue weighted by Gasteiger charge is 2.47. The van der Waals surface area contributed by atoms with Gasteiger partial charge in [-0.2, -0.15) is 18.3 Å². The van der Waals surface area contributed by atoms with Crippen LogP contribution in [-0.2, 0) is 0 Å². The molecular formula is C19H16ClF3N4O2S. The van der Waals surface area contributed by atoms with Crippen molar-refractivity contribution in [3.8, 4) is 5.75 Å². The molecule has 0 unspecified atom stereocenters. The zero-order chi connectivity index (χ0) is 21.5. The van der Waals surface area contributed by atoms with Gasteiger partial charge in [-0.25, -0.2) is 4.68 Å². The number of methoxy groups -OCH3 is 1. The van der Waals surface area contributed by atoms with Crippen molar-refractivity contribution in [3.05, 3.63) is 57.4 Å². The fourth-order valence-corrected chi connectivity index (χ4v) is 4.34. The van der Waals surface area contributed by atoms with E-state index in [1.54, 1.807) is 29.6 Å². The molecule has 3 aromatic rings. The molecule has 1 aliphatic heterocycles. The van der Waals surface area contributed by atoms with E-state index < -0.39 is 24.2 Å². The second-order valence-electron chi connectivity index (χ2n) is 6.66. The van der Waals surface area contributed by atoms with Crippen LogP contribution in [0.5, 0.6) is 5.75 Å². The highest BCUT2D eigenvalue weighted by Crippen LogP contribution is 2.45. The molecule has 1 amide bonds. The first-order valence-electron chi connectivity index (χ1n) is 8.87. The van der Waals surface area contributed by atoms with Gasteiger partial charge in [0.1, 0.15) is 17.1 Å². The van der Waals surface area contributed by atoms with E-state index in [1.807, 2.05) is 0 Å². The molecule has 2 aromatic heterocycles. The molecule has 4 rings (SSSR count). The summed E-state index contributed by atoms with van der Waals surface area (Å²) >= 11 is 7.34. The van der Waals surface area contributed by atoms with Crippen LogP contribution in [0.1, 0.15) is 33.7 Å².